The second kappa shape index (κ2) is 6.55. The van der Waals surface area contributed by atoms with Crippen LogP contribution in [0.4, 0.5) is 4.39 Å². The van der Waals surface area contributed by atoms with Crippen LogP contribution in [0.5, 0.6) is 0 Å². The minimum Gasteiger partial charge on any atom is -0.327 e. The first-order valence-corrected chi connectivity index (χ1v) is 7.67. The van der Waals surface area contributed by atoms with Gasteiger partial charge in [0, 0.05) is 20.7 Å². The minimum absolute atomic E-state index is 0.0324. The van der Waals surface area contributed by atoms with E-state index in [0.717, 1.165) is 10.0 Å². The number of thioether (sulfide) groups is 1. The van der Waals surface area contributed by atoms with E-state index >= 15 is 0 Å². The molecule has 4 heteroatoms. The van der Waals surface area contributed by atoms with E-state index in [-0.39, 0.29) is 17.1 Å². The third-order valence-electron chi connectivity index (χ3n) is 2.77. The highest BCUT2D eigenvalue weighted by Crippen LogP contribution is 2.38. The molecule has 0 radical (unpaired) electrons. The van der Waals surface area contributed by atoms with Crippen LogP contribution in [0, 0.1) is 5.82 Å². The quantitative estimate of drug-likeness (QED) is 0.812. The van der Waals surface area contributed by atoms with E-state index in [1.165, 1.54) is 17.8 Å². The molecule has 0 fully saturated rings. The lowest BCUT2D eigenvalue weighted by Gasteiger charge is -2.21. The molecule has 0 aliphatic heterocycles. The van der Waals surface area contributed by atoms with Gasteiger partial charge in [-0.2, -0.15) is 0 Å². The van der Waals surface area contributed by atoms with Crippen LogP contribution in [-0.2, 0) is 0 Å². The third-order valence-corrected chi connectivity index (χ3v) is 4.84. The first-order chi connectivity index (χ1) is 9.08. The van der Waals surface area contributed by atoms with Crippen molar-refractivity contribution < 1.29 is 4.39 Å². The Bertz CT molecular complexity index is 542. The average molecular weight is 340 g/mol. The largest absolute Gasteiger partial charge is 0.327 e. The molecule has 1 nitrogen and oxygen atoms in total. The van der Waals surface area contributed by atoms with E-state index in [1.807, 2.05) is 37.3 Å². The second-order valence-electron chi connectivity index (χ2n) is 4.38. The molecule has 2 aromatic rings. The number of rotatable bonds is 4. The Kier molecular flexibility index (Phi) is 5.02. The van der Waals surface area contributed by atoms with E-state index in [1.54, 1.807) is 12.1 Å². The summed E-state index contributed by atoms with van der Waals surface area (Å²) in [5.41, 5.74) is 7.15. The number of hydrogen-bond donors (Lipinski definition) is 1. The number of benzene rings is 2. The number of nitrogens with two attached hydrogens (primary N) is 1. The Morgan fingerprint density at radius 3 is 2.32 bits per heavy atom. The fourth-order valence-electron chi connectivity index (χ4n) is 1.81. The highest BCUT2D eigenvalue weighted by atomic mass is 79.9. The molecular weight excluding hydrogens is 325 g/mol. The van der Waals surface area contributed by atoms with Crippen LogP contribution in [0.15, 0.2) is 57.9 Å². The van der Waals surface area contributed by atoms with Gasteiger partial charge in [0.05, 0.1) is 0 Å². The SMILES string of the molecule is CC(N)C(Sc1ccccc1F)c1ccc(Br)cc1. The zero-order valence-corrected chi connectivity index (χ0v) is 12.9. The summed E-state index contributed by atoms with van der Waals surface area (Å²) in [6.45, 7) is 1.94. The third kappa shape index (κ3) is 3.81. The van der Waals surface area contributed by atoms with Gasteiger partial charge in [0.1, 0.15) is 5.82 Å². The van der Waals surface area contributed by atoms with E-state index in [9.17, 15) is 4.39 Å². The fraction of sp³-hybridized carbons (Fsp3) is 0.200. The Morgan fingerprint density at radius 1 is 1.11 bits per heavy atom. The second-order valence-corrected chi connectivity index (χ2v) is 6.48. The molecule has 0 bridgehead atoms. The Balaban J connectivity index is 2.26. The van der Waals surface area contributed by atoms with Gasteiger partial charge in [-0.15, -0.1) is 11.8 Å². The normalized spacial score (nSPS) is 14.1. The van der Waals surface area contributed by atoms with Crippen molar-refractivity contribution >= 4 is 27.7 Å². The van der Waals surface area contributed by atoms with Gasteiger partial charge in [0.25, 0.3) is 0 Å². The first kappa shape index (κ1) is 14.6. The predicted octanol–water partition coefficient (Wildman–Crippen LogP) is 4.77. The summed E-state index contributed by atoms with van der Waals surface area (Å²) in [5, 5.41) is 0.0324. The molecule has 19 heavy (non-hydrogen) atoms. The summed E-state index contributed by atoms with van der Waals surface area (Å²) in [6.07, 6.45) is 0. The van der Waals surface area contributed by atoms with E-state index < -0.39 is 0 Å². The molecular formula is C15H15BrFNS. The lowest BCUT2D eigenvalue weighted by molar-refractivity contribution is 0.600. The molecule has 0 saturated heterocycles. The lowest BCUT2D eigenvalue weighted by atomic mass is 10.1. The van der Waals surface area contributed by atoms with Gasteiger partial charge < -0.3 is 5.73 Å². The smallest absolute Gasteiger partial charge is 0.136 e. The Morgan fingerprint density at radius 2 is 1.74 bits per heavy atom. The van der Waals surface area contributed by atoms with Gasteiger partial charge in [-0.25, -0.2) is 4.39 Å². The fourth-order valence-corrected chi connectivity index (χ4v) is 3.19. The van der Waals surface area contributed by atoms with Crippen molar-refractivity contribution in [1.29, 1.82) is 0 Å². The summed E-state index contributed by atoms with van der Waals surface area (Å²) in [6, 6.07) is 14.7. The van der Waals surface area contributed by atoms with E-state index in [2.05, 4.69) is 15.9 Å². The predicted molar refractivity (Wildman–Crippen MR) is 82.8 cm³/mol. The van der Waals surface area contributed by atoms with Crippen LogP contribution in [0.3, 0.4) is 0 Å². The standard InChI is InChI=1S/C15H15BrFNS/c1-10(18)15(11-6-8-12(16)9-7-11)19-14-5-3-2-4-13(14)17/h2-10,15H,18H2,1H3. The number of hydrogen-bond acceptors (Lipinski definition) is 2. The molecule has 0 aromatic heterocycles. The molecule has 2 aromatic carbocycles. The molecule has 0 spiro atoms. The molecule has 2 N–H and O–H groups in total. The van der Waals surface area contributed by atoms with Crippen molar-refractivity contribution in [1.82, 2.24) is 0 Å². The van der Waals surface area contributed by atoms with Crippen molar-refractivity contribution in [2.75, 3.05) is 0 Å². The lowest BCUT2D eigenvalue weighted by Crippen LogP contribution is -2.22. The first-order valence-electron chi connectivity index (χ1n) is 6.00. The van der Waals surface area contributed by atoms with Crippen LogP contribution in [0.25, 0.3) is 0 Å². The molecule has 2 atom stereocenters. The minimum atomic E-state index is -0.199. The monoisotopic (exact) mass is 339 g/mol. The maximum Gasteiger partial charge on any atom is 0.136 e. The summed E-state index contributed by atoms with van der Waals surface area (Å²) in [4.78, 5) is 0.632. The van der Waals surface area contributed by atoms with Crippen LogP contribution in [0.1, 0.15) is 17.7 Å². The highest BCUT2D eigenvalue weighted by Gasteiger charge is 2.19. The maximum absolute atomic E-state index is 13.7. The zero-order chi connectivity index (χ0) is 13.8. The van der Waals surface area contributed by atoms with Crippen LogP contribution in [-0.4, -0.2) is 6.04 Å². The summed E-state index contributed by atoms with van der Waals surface area (Å²) < 4.78 is 14.7. The maximum atomic E-state index is 13.7. The average Bonchev–Trinajstić information content (AvgIpc) is 2.39. The van der Waals surface area contributed by atoms with E-state index in [4.69, 9.17) is 5.73 Å². The molecule has 0 saturated carbocycles. The Hall–Kier alpha value is -0.840. The van der Waals surface area contributed by atoms with Crippen molar-refractivity contribution in [2.24, 2.45) is 5.73 Å². The van der Waals surface area contributed by atoms with Gasteiger partial charge in [0.15, 0.2) is 0 Å². The van der Waals surface area contributed by atoms with Gasteiger partial charge in [-0.1, -0.05) is 40.2 Å². The number of halogens is 2. The topological polar surface area (TPSA) is 26.0 Å². The van der Waals surface area contributed by atoms with Crippen LogP contribution >= 0.6 is 27.7 Å². The zero-order valence-electron chi connectivity index (χ0n) is 10.5. The van der Waals surface area contributed by atoms with E-state index in [0.29, 0.717) is 4.90 Å². The Labute approximate surface area is 125 Å². The van der Waals surface area contributed by atoms with Gasteiger partial charge in [-0.3, -0.25) is 0 Å². The summed E-state index contributed by atoms with van der Waals surface area (Å²) in [5.74, 6) is -0.199. The molecule has 0 heterocycles. The van der Waals surface area contributed by atoms with Crippen LogP contribution in [0.2, 0.25) is 0 Å². The van der Waals surface area contributed by atoms with Crippen molar-refractivity contribution in [3.8, 4) is 0 Å². The van der Waals surface area contributed by atoms with Crippen molar-refractivity contribution in [3.63, 3.8) is 0 Å². The molecule has 0 aliphatic rings. The van der Waals surface area contributed by atoms with Gasteiger partial charge in [-0.05, 0) is 36.8 Å². The molecule has 0 amide bonds. The molecule has 0 aliphatic carbocycles. The van der Waals surface area contributed by atoms with Crippen LogP contribution < -0.4 is 5.73 Å². The summed E-state index contributed by atoms with van der Waals surface area (Å²) in [7, 11) is 0. The molecule has 2 unspecified atom stereocenters. The van der Waals surface area contributed by atoms with Gasteiger partial charge in [0.2, 0.25) is 0 Å². The highest BCUT2D eigenvalue weighted by molar-refractivity contribution is 9.10. The van der Waals surface area contributed by atoms with Crippen molar-refractivity contribution in [2.45, 2.75) is 23.1 Å². The summed E-state index contributed by atoms with van der Waals surface area (Å²) >= 11 is 4.88. The van der Waals surface area contributed by atoms with Crippen molar-refractivity contribution in [3.05, 3.63) is 64.4 Å². The van der Waals surface area contributed by atoms with Gasteiger partial charge >= 0.3 is 0 Å². The molecule has 2 rings (SSSR count). The molecule has 100 valence electrons.